The van der Waals surface area contributed by atoms with Crippen molar-refractivity contribution in [1.82, 2.24) is 14.9 Å². The first-order valence-electron chi connectivity index (χ1n) is 13.8. The molecule has 4 rings (SSSR count). The SMILES string of the molecule is CCC/N=C(/C(=O)Nc1ccc(N(C)CCN(C)C)nc1)c1cc(-c2cncc(N3CCCC3)c2)ccc1C. The third-order valence-corrected chi connectivity index (χ3v) is 7.01. The lowest BCUT2D eigenvalue weighted by Crippen LogP contribution is -2.29. The lowest BCUT2D eigenvalue weighted by molar-refractivity contribution is -0.110. The van der Waals surface area contributed by atoms with Crippen LogP contribution in [0.15, 0.2) is 60.0 Å². The molecule has 1 N–H and O–H groups in total. The average Bonchev–Trinajstić information content (AvgIpc) is 3.48. The largest absolute Gasteiger partial charge is 0.370 e. The highest BCUT2D eigenvalue weighted by Crippen LogP contribution is 2.28. The minimum atomic E-state index is -0.233. The van der Waals surface area contributed by atoms with Crippen molar-refractivity contribution in [2.24, 2.45) is 4.99 Å². The van der Waals surface area contributed by atoms with Crippen LogP contribution in [0.25, 0.3) is 11.1 Å². The van der Waals surface area contributed by atoms with E-state index in [1.165, 1.54) is 12.8 Å². The molecule has 8 heteroatoms. The van der Waals surface area contributed by atoms with Crippen LogP contribution in [-0.4, -0.2) is 80.4 Å². The number of rotatable bonds is 11. The number of aromatic nitrogens is 2. The van der Waals surface area contributed by atoms with Crippen molar-refractivity contribution in [1.29, 1.82) is 0 Å². The summed E-state index contributed by atoms with van der Waals surface area (Å²) in [4.78, 5) is 34.0. The first kappa shape index (κ1) is 28.2. The Morgan fingerprint density at radius 2 is 1.79 bits per heavy atom. The number of pyridine rings is 2. The number of carbonyl (C=O) groups is 1. The molecular formula is C31H41N7O. The van der Waals surface area contributed by atoms with Gasteiger partial charge in [-0.1, -0.05) is 19.1 Å². The van der Waals surface area contributed by atoms with Crippen molar-refractivity contribution >= 4 is 28.8 Å². The van der Waals surface area contributed by atoms with Gasteiger partial charge in [-0.3, -0.25) is 14.8 Å². The molecule has 2 aromatic heterocycles. The van der Waals surface area contributed by atoms with Crippen molar-refractivity contribution in [3.63, 3.8) is 0 Å². The standard InChI is InChI=1S/C31H41N7O/c1-6-13-33-30(31(39)35-26-11-12-29(34-21-26)37(5)17-16-36(3)4)28-19-24(10-9-23(28)2)25-18-27(22-32-20-25)38-14-7-8-15-38/h9-12,18-22H,6-8,13-17H2,1-5H3,(H,35,39)/b33-30+. The number of anilines is 3. The van der Waals surface area contributed by atoms with Gasteiger partial charge in [0.25, 0.3) is 5.91 Å². The second-order valence-electron chi connectivity index (χ2n) is 10.5. The van der Waals surface area contributed by atoms with Crippen LogP contribution in [0.2, 0.25) is 0 Å². The van der Waals surface area contributed by atoms with E-state index in [1.54, 1.807) is 6.20 Å². The minimum Gasteiger partial charge on any atom is -0.370 e. The maximum absolute atomic E-state index is 13.5. The Kier molecular flexibility index (Phi) is 9.65. The van der Waals surface area contributed by atoms with Crippen LogP contribution in [-0.2, 0) is 4.79 Å². The molecule has 1 saturated heterocycles. The fourth-order valence-electron chi connectivity index (χ4n) is 4.63. The van der Waals surface area contributed by atoms with Gasteiger partial charge >= 0.3 is 0 Å². The fraction of sp³-hybridized carbons (Fsp3) is 0.419. The monoisotopic (exact) mass is 527 g/mol. The zero-order valence-electron chi connectivity index (χ0n) is 23.9. The fourth-order valence-corrected chi connectivity index (χ4v) is 4.63. The van der Waals surface area contributed by atoms with E-state index >= 15 is 0 Å². The Balaban J connectivity index is 1.56. The molecule has 1 fully saturated rings. The molecule has 39 heavy (non-hydrogen) atoms. The summed E-state index contributed by atoms with van der Waals surface area (Å²) in [5, 5.41) is 3.02. The topological polar surface area (TPSA) is 77.0 Å². The van der Waals surface area contributed by atoms with Crippen molar-refractivity contribution in [2.75, 3.05) is 69.0 Å². The molecule has 1 aliphatic heterocycles. The number of amides is 1. The summed E-state index contributed by atoms with van der Waals surface area (Å²) in [6, 6.07) is 12.2. The van der Waals surface area contributed by atoms with Crippen molar-refractivity contribution in [2.45, 2.75) is 33.1 Å². The molecular weight excluding hydrogens is 486 g/mol. The highest BCUT2D eigenvalue weighted by Gasteiger charge is 2.19. The van der Waals surface area contributed by atoms with E-state index in [0.717, 1.165) is 66.4 Å². The second kappa shape index (κ2) is 13.3. The maximum Gasteiger partial charge on any atom is 0.274 e. The maximum atomic E-state index is 13.5. The van der Waals surface area contributed by atoms with E-state index in [1.807, 2.05) is 38.5 Å². The Hall–Kier alpha value is -3.78. The van der Waals surface area contributed by atoms with Gasteiger partial charge in [-0.25, -0.2) is 4.98 Å². The number of hydrogen-bond donors (Lipinski definition) is 1. The van der Waals surface area contributed by atoms with Gasteiger partial charge in [0.1, 0.15) is 11.5 Å². The average molecular weight is 528 g/mol. The molecule has 8 nitrogen and oxygen atoms in total. The summed E-state index contributed by atoms with van der Waals surface area (Å²) in [6.07, 6.45) is 8.82. The smallest absolute Gasteiger partial charge is 0.274 e. The Bertz CT molecular complexity index is 1280. The summed E-state index contributed by atoms with van der Waals surface area (Å²) < 4.78 is 0. The minimum absolute atomic E-state index is 0.233. The normalized spacial score (nSPS) is 13.7. The summed E-state index contributed by atoms with van der Waals surface area (Å²) in [5.41, 5.74) is 6.12. The van der Waals surface area contributed by atoms with Crippen LogP contribution in [0.5, 0.6) is 0 Å². The van der Waals surface area contributed by atoms with Gasteiger partial charge in [0.2, 0.25) is 0 Å². The first-order valence-corrected chi connectivity index (χ1v) is 13.8. The lowest BCUT2D eigenvalue weighted by Gasteiger charge is -2.20. The van der Waals surface area contributed by atoms with E-state index in [9.17, 15) is 4.79 Å². The highest BCUT2D eigenvalue weighted by molar-refractivity contribution is 6.49. The van der Waals surface area contributed by atoms with Crippen molar-refractivity contribution < 1.29 is 4.79 Å². The molecule has 0 aliphatic carbocycles. The number of nitrogens with one attached hydrogen (secondary N) is 1. The molecule has 0 radical (unpaired) electrons. The molecule has 0 bridgehead atoms. The van der Waals surface area contributed by atoms with E-state index in [2.05, 4.69) is 75.3 Å². The number of aliphatic imine (C=N–C) groups is 1. The predicted molar refractivity (Wildman–Crippen MR) is 162 cm³/mol. The molecule has 0 spiro atoms. The quantitative estimate of drug-likeness (QED) is 0.358. The predicted octanol–water partition coefficient (Wildman–Crippen LogP) is 4.89. The zero-order valence-corrected chi connectivity index (χ0v) is 23.9. The van der Waals surface area contributed by atoms with Crippen LogP contribution < -0.4 is 15.1 Å². The van der Waals surface area contributed by atoms with Gasteiger partial charge in [-0.05, 0) is 75.7 Å². The number of carbonyl (C=O) groups excluding carboxylic acids is 1. The number of likely N-dealkylation sites (N-methyl/N-ethyl adjacent to an activating group) is 2. The number of hydrogen-bond acceptors (Lipinski definition) is 7. The van der Waals surface area contributed by atoms with Crippen LogP contribution in [0.3, 0.4) is 0 Å². The van der Waals surface area contributed by atoms with Crippen LogP contribution in [0.1, 0.15) is 37.3 Å². The summed E-state index contributed by atoms with van der Waals surface area (Å²) in [7, 11) is 6.13. The molecule has 0 saturated carbocycles. The van der Waals surface area contributed by atoms with E-state index in [4.69, 9.17) is 4.99 Å². The first-order chi connectivity index (χ1) is 18.9. The second-order valence-corrected chi connectivity index (χ2v) is 10.5. The molecule has 3 heterocycles. The van der Waals surface area contributed by atoms with E-state index in [-0.39, 0.29) is 5.91 Å². The molecule has 0 unspecified atom stereocenters. The lowest BCUT2D eigenvalue weighted by atomic mass is 9.97. The van der Waals surface area contributed by atoms with Crippen molar-refractivity contribution in [3.8, 4) is 11.1 Å². The molecule has 3 aromatic rings. The summed E-state index contributed by atoms with van der Waals surface area (Å²) in [5.74, 6) is 0.631. The third kappa shape index (κ3) is 7.41. The van der Waals surface area contributed by atoms with Crippen LogP contribution >= 0.6 is 0 Å². The van der Waals surface area contributed by atoms with E-state index < -0.39 is 0 Å². The van der Waals surface area contributed by atoms with Gasteiger partial charge in [0.15, 0.2) is 0 Å². The van der Waals surface area contributed by atoms with Gasteiger partial charge in [-0.15, -0.1) is 0 Å². The number of aryl methyl sites for hydroxylation is 1. The molecule has 1 aromatic carbocycles. The Morgan fingerprint density at radius 1 is 1.00 bits per heavy atom. The highest BCUT2D eigenvalue weighted by atomic mass is 16.1. The third-order valence-electron chi connectivity index (χ3n) is 7.01. The summed E-state index contributed by atoms with van der Waals surface area (Å²) in [6.45, 7) is 8.60. The molecule has 1 amide bonds. The number of benzene rings is 1. The van der Waals surface area contributed by atoms with Crippen molar-refractivity contribution in [3.05, 3.63) is 66.1 Å². The zero-order chi connectivity index (χ0) is 27.8. The molecule has 1 aliphatic rings. The van der Waals surface area contributed by atoms with E-state index in [0.29, 0.717) is 17.9 Å². The Morgan fingerprint density at radius 3 is 2.49 bits per heavy atom. The van der Waals surface area contributed by atoms with Gasteiger partial charge in [0, 0.05) is 57.1 Å². The Labute approximate surface area is 232 Å². The van der Waals surface area contributed by atoms with Gasteiger partial charge < -0.3 is 20.0 Å². The number of nitrogens with zero attached hydrogens (tertiary/aromatic N) is 6. The molecule has 206 valence electrons. The summed E-state index contributed by atoms with van der Waals surface area (Å²) >= 11 is 0. The van der Waals surface area contributed by atoms with Crippen LogP contribution in [0.4, 0.5) is 17.2 Å². The van der Waals surface area contributed by atoms with Gasteiger partial charge in [-0.2, -0.15) is 0 Å². The van der Waals surface area contributed by atoms with Crippen LogP contribution in [0, 0.1) is 6.92 Å². The molecule has 0 atom stereocenters. The van der Waals surface area contributed by atoms with Gasteiger partial charge in [0.05, 0.1) is 23.8 Å².